The Morgan fingerprint density at radius 3 is 2.78 bits per heavy atom. The molecule has 1 heterocycles. The Morgan fingerprint density at radius 1 is 1.43 bits per heavy atom. The first kappa shape index (κ1) is 19.7. The fraction of sp³-hybridized carbons (Fsp3) is 0.579. The average Bonchev–Trinajstić information content (AvgIpc) is 2.65. The first-order valence-corrected chi connectivity index (χ1v) is 8.80. The molecule has 0 aromatic heterocycles. The summed E-state index contributed by atoms with van der Waals surface area (Å²) in [5.41, 5.74) is 2.55. The molecule has 3 unspecified atom stereocenters. The van der Waals surface area contributed by atoms with Gasteiger partial charge in [0.1, 0.15) is 6.42 Å². The first-order valence-electron chi connectivity index (χ1n) is 8.00. The summed E-state index contributed by atoms with van der Waals surface area (Å²) in [6.45, 7) is 8.84. The van der Waals surface area contributed by atoms with Crippen LogP contribution in [-0.2, 0) is 9.53 Å². The summed E-state index contributed by atoms with van der Waals surface area (Å²) in [6, 6.07) is 0. The third-order valence-electron chi connectivity index (χ3n) is 4.46. The fourth-order valence-electron chi connectivity index (χ4n) is 2.51. The zero-order valence-electron chi connectivity index (χ0n) is 14.6. The van der Waals surface area contributed by atoms with E-state index in [1.165, 1.54) is 18.4 Å². The number of nitrogens with zero attached hydrogens (tertiary/aromatic N) is 1. The highest BCUT2D eigenvalue weighted by Gasteiger charge is 2.24. The Morgan fingerprint density at radius 2 is 2.13 bits per heavy atom. The molecule has 0 spiro atoms. The summed E-state index contributed by atoms with van der Waals surface area (Å²) in [5.74, 6) is 6.87. The molecule has 1 aliphatic heterocycles. The van der Waals surface area contributed by atoms with E-state index in [2.05, 4.69) is 66.3 Å². The van der Waals surface area contributed by atoms with E-state index in [1.807, 2.05) is 6.20 Å². The molecule has 0 amide bonds. The van der Waals surface area contributed by atoms with Crippen molar-refractivity contribution in [2.24, 2.45) is 22.7 Å². The van der Waals surface area contributed by atoms with E-state index >= 15 is 0 Å². The van der Waals surface area contributed by atoms with Crippen LogP contribution in [0, 0.1) is 29.6 Å². The second-order valence-corrected chi connectivity index (χ2v) is 7.00. The molecule has 4 heteroatoms. The van der Waals surface area contributed by atoms with Crippen LogP contribution < -0.4 is 0 Å². The second kappa shape index (κ2) is 9.72. The Labute approximate surface area is 148 Å². The number of hydrogen-bond acceptors (Lipinski definition) is 3. The van der Waals surface area contributed by atoms with E-state index in [1.54, 1.807) is 0 Å². The minimum Gasteiger partial charge on any atom is -0.468 e. The average molecular weight is 380 g/mol. The Bertz CT molecular complexity index is 578. The molecular weight excluding hydrogens is 354 g/mol. The van der Waals surface area contributed by atoms with Gasteiger partial charge in [-0.1, -0.05) is 32.3 Å². The summed E-state index contributed by atoms with van der Waals surface area (Å²) in [7, 11) is 1.38. The van der Waals surface area contributed by atoms with Gasteiger partial charge in [0.05, 0.1) is 7.11 Å². The van der Waals surface area contributed by atoms with Crippen LogP contribution in [0.25, 0.3) is 0 Å². The minimum atomic E-state index is -0.278. The van der Waals surface area contributed by atoms with E-state index in [-0.39, 0.29) is 12.4 Å². The molecular formula is C19H26BrNO2. The standard InChI is InChI=1S/C19H26BrNO2/c1-13(9-7-6-8-10-18(22)23-5)15(3)19-16(4)14(2)11-17(20)12-21-19/h11-13,15-16H,7,9-10H2,1-5H3. The smallest absolute Gasteiger partial charge is 0.317 e. The highest BCUT2D eigenvalue weighted by molar-refractivity contribution is 9.11. The lowest BCUT2D eigenvalue weighted by Crippen LogP contribution is -2.25. The molecule has 23 heavy (non-hydrogen) atoms. The molecule has 0 aromatic carbocycles. The number of hydrogen-bond donors (Lipinski definition) is 0. The van der Waals surface area contributed by atoms with E-state index in [0.717, 1.165) is 17.3 Å². The van der Waals surface area contributed by atoms with Gasteiger partial charge in [-0.15, -0.1) is 5.92 Å². The highest BCUT2D eigenvalue weighted by Crippen LogP contribution is 2.29. The summed E-state index contributed by atoms with van der Waals surface area (Å²) in [5, 5.41) is 0. The molecule has 0 aromatic rings. The van der Waals surface area contributed by atoms with Crippen LogP contribution in [0.2, 0.25) is 0 Å². The number of carbonyl (C=O) groups is 1. The molecule has 3 atom stereocenters. The molecule has 0 saturated carbocycles. The number of esters is 1. The molecule has 0 fully saturated rings. The Balaban J connectivity index is 2.61. The van der Waals surface area contributed by atoms with Gasteiger partial charge < -0.3 is 4.74 Å². The number of carbonyl (C=O) groups excluding carboxylic acids is 1. The molecule has 0 radical (unpaired) electrons. The topological polar surface area (TPSA) is 38.7 Å². The molecule has 0 saturated heterocycles. The Kier molecular flexibility index (Phi) is 8.33. The lowest BCUT2D eigenvalue weighted by molar-refractivity contribution is -0.139. The monoisotopic (exact) mass is 379 g/mol. The van der Waals surface area contributed by atoms with Crippen LogP contribution in [0.15, 0.2) is 27.3 Å². The number of aliphatic imine (C=N–C) groups is 1. The van der Waals surface area contributed by atoms with Gasteiger partial charge in [-0.2, -0.15) is 0 Å². The molecule has 0 N–H and O–H groups in total. The minimum absolute atomic E-state index is 0.174. The molecule has 0 bridgehead atoms. The zero-order chi connectivity index (χ0) is 17.4. The highest BCUT2D eigenvalue weighted by atomic mass is 79.9. The van der Waals surface area contributed by atoms with E-state index < -0.39 is 0 Å². The number of methoxy groups -OCH3 is 1. The molecule has 126 valence electrons. The normalized spacial score (nSPS) is 20.1. The zero-order valence-corrected chi connectivity index (χ0v) is 16.2. The molecule has 3 nitrogen and oxygen atoms in total. The number of halogens is 1. The second-order valence-electron chi connectivity index (χ2n) is 6.09. The van der Waals surface area contributed by atoms with E-state index in [4.69, 9.17) is 4.99 Å². The first-order chi connectivity index (χ1) is 10.9. The van der Waals surface area contributed by atoms with Crippen LogP contribution in [-0.4, -0.2) is 18.8 Å². The Hall–Kier alpha value is -1.34. The van der Waals surface area contributed by atoms with Crippen molar-refractivity contribution in [3.05, 3.63) is 22.3 Å². The van der Waals surface area contributed by atoms with Gasteiger partial charge in [-0.3, -0.25) is 9.79 Å². The number of allylic oxidation sites excluding steroid dienone is 3. The largest absolute Gasteiger partial charge is 0.468 e. The molecule has 0 aliphatic carbocycles. The maximum Gasteiger partial charge on any atom is 0.317 e. The third kappa shape index (κ3) is 6.35. The van der Waals surface area contributed by atoms with E-state index in [0.29, 0.717) is 17.8 Å². The maximum absolute atomic E-state index is 11.0. The SMILES string of the molecule is COC(=O)CC#CCCC(C)C(C)C1=NC=C(Br)C=C(C)C1C. The molecule has 1 rings (SSSR count). The van der Waals surface area contributed by atoms with Crippen molar-refractivity contribution in [2.75, 3.05) is 7.11 Å². The predicted octanol–water partition coefficient (Wildman–Crippen LogP) is 4.88. The predicted molar refractivity (Wildman–Crippen MR) is 99.3 cm³/mol. The summed E-state index contributed by atoms with van der Waals surface area (Å²) in [4.78, 5) is 15.7. The van der Waals surface area contributed by atoms with Gasteiger partial charge in [0.2, 0.25) is 0 Å². The maximum atomic E-state index is 11.0. The van der Waals surface area contributed by atoms with Gasteiger partial charge in [0, 0.05) is 28.7 Å². The van der Waals surface area contributed by atoms with Crippen molar-refractivity contribution in [2.45, 2.75) is 47.0 Å². The number of rotatable bonds is 5. The van der Waals surface area contributed by atoms with Gasteiger partial charge in [0.25, 0.3) is 0 Å². The third-order valence-corrected chi connectivity index (χ3v) is 4.89. The van der Waals surface area contributed by atoms with E-state index in [9.17, 15) is 4.79 Å². The molecule has 1 aliphatic rings. The summed E-state index contributed by atoms with van der Waals surface area (Å²) >= 11 is 3.52. The van der Waals surface area contributed by atoms with Crippen LogP contribution in [0.3, 0.4) is 0 Å². The van der Waals surface area contributed by atoms with Crippen LogP contribution in [0.5, 0.6) is 0 Å². The van der Waals surface area contributed by atoms with Crippen molar-refractivity contribution in [1.82, 2.24) is 0 Å². The van der Waals surface area contributed by atoms with Crippen molar-refractivity contribution < 1.29 is 9.53 Å². The van der Waals surface area contributed by atoms with Crippen LogP contribution >= 0.6 is 15.9 Å². The van der Waals surface area contributed by atoms with Crippen LogP contribution in [0.1, 0.15) is 47.0 Å². The fourth-order valence-corrected chi connectivity index (χ4v) is 2.97. The van der Waals surface area contributed by atoms with Gasteiger partial charge in [-0.25, -0.2) is 0 Å². The lowest BCUT2D eigenvalue weighted by atomic mass is 9.81. The summed E-state index contributed by atoms with van der Waals surface area (Å²) < 4.78 is 5.58. The van der Waals surface area contributed by atoms with Gasteiger partial charge in [-0.05, 0) is 47.2 Å². The van der Waals surface area contributed by atoms with Crippen molar-refractivity contribution in [3.63, 3.8) is 0 Å². The van der Waals surface area contributed by atoms with Crippen molar-refractivity contribution >= 4 is 27.6 Å². The van der Waals surface area contributed by atoms with Gasteiger partial charge in [0.15, 0.2) is 0 Å². The summed E-state index contributed by atoms with van der Waals surface area (Å²) in [6.07, 6.45) is 5.98. The van der Waals surface area contributed by atoms with Crippen LogP contribution in [0.4, 0.5) is 0 Å². The van der Waals surface area contributed by atoms with Crippen molar-refractivity contribution in [1.29, 1.82) is 0 Å². The van der Waals surface area contributed by atoms with Crippen molar-refractivity contribution in [3.8, 4) is 11.8 Å². The quantitative estimate of drug-likeness (QED) is 0.504. The number of ether oxygens (including phenoxy) is 1. The lowest BCUT2D eigenvalue weighted by Gasteiger charge is -2.25. The van der Waals surface area contributed by atoms with Gasteiger partial charge >= 0.3 is 5.97 Å².